The van der Waals surface area contributed by atoms with Crippen LogP contribution in [0.1, 0.15) is 10.4 Å². The molecule has 0 saturated heterocycles. The molecule has 2 aromatic heterocycles. The van der Waals surface area contributed by atoms with E-state index in [1.165, 1.54) is 24.5 Å². The van der Waals surface area contributed by atoms with Gasteiger partial charge in [-0.05, 0) is 18.2 Å². The molecule has 0 aliphatic heterocycles. The maximum absolute atomic E-state index is 11.8. The van der Waals surface area contributed by atoms with Crippen LogP contribution in [0.5, 0.6) is 11.6 Å². The lowest BCUT2D eigenvalue weighted by Gasteiger charge is -2.07. The maximum atomic E-state index is 11.8. The van der Waals surface area contributed by atoms with Crippen molar-refractivity contribution in [2.45, 2.75) is 0 Å². The zero-order chi connectivity index (χ0) is 19.0. The van der Waals surface area contributed by atoms with Gasteiger partial charge in [0, 0.05) is 17.5 Å². The SMILES string of the molecule is COC(=O)c1cc(Oc2ncnc3c2oc2ccccc23)ccc1[N+](=O)[O-]. The van der Waals surface area contributed by atoms with E-state index in [1.54, 1.807) is 6.07 Å². The first kappa shape index (κ1) is 16.5. The highest BCUT2D eigenvalue weighted by Gasteiger charge is 2.23. The second-order valence-electron chi connectivity index (χ2n) is 5.48. The van der Waals surface area contributed by atoms with Gasteiger partial charge in [0.1, 0.15) is 28.7 Å². The Morgan fingerprint density at radius 1 is 1.19 bits per heavy atom. The number of benzene rings is 2. The average molecular weight is 365 g/mol. The molecule has 0 amide bonds. The summed E-state index contributed by atoms with van der Waals surface area (Å²) in [5.41, 5.74) is 0.917. The normalized spacial score (nSPS) is 10.9. The lowest BCUT2D eigenvalue weighted by atomic mass is 10.1. The Kier molecular flexibility index (Phi) is 3.88. The molecule has 0 fully saturated rings. The first-order chi connectivity index (χ1) is 13.1. The van der Waals surface area contributed by atoms with Crippen LogP contribution in [0.4, 0.5) is 5.69 Å². The summed E-state index contributed by atoms with van der Waals surface area (Å²) >= 11 is 0. The molecule has 4 aromatic rings. The van der Waals surface area contributed by atoms with E-state index in [0.29, 0.717) is 16.7 Å². The number of nitro benzene ring substituents is 1. The van der Waals surface area contributed by atoms with Crippen molar-refractivity contribution in [1.82, 2.24) is 9.97 Å². The van der Waals surface area contributed by atoms with E-state index in [9.17, 15) is 14.9 Å². The van der Waals surface area contributed by atoms with Crippen LogP contribution in [0.2, 0.25) is 0 Å². The molecule has 0 atom stereocenters. The lowest BCUT2D eigenvalue weighted by Crippen LogP contribution is -2.06. The Hall–Kier alpha value is -4.01. The quantitative estimate of drug-likeness (QED) is 0.304. The van der Waals surface area contributed by atoms with Gasteiger partial charge in [-0.25, -0.2) is 9.78 Å². The van der Waals surface area contributed by atoms with Crippen LogP contribution in [-0.4, -0.2) is 28.0 Å². The molecule has 0 unspecified atom stereocenters. The number of furan rings is 1. The molecule has 0 bridgehead atoms. The number of aromatic nitrogens is 2. The Bertz CT molecular complexity index is 1200. The smallest absolute Gasteiger partial charge is 0.345 e. The van der Waals surface area contributed by atoms with Gasteiger partial charge in [0.05, 0.1) is 12.0 Å². The largest absolute Gasteiger partial charge is 0.465 e. The highest BCUT2D eigenvalue weighted by molar-refractivity contribution is 6.03. The fourth-order valence-corrected chi connectivity index (χ4v) is 2.70. The number of carbonyl (C=O) groups excluding carboxylic acids is 1. The monoisotopic (exact) mass is 365 g/mol. The van der Waals surface area contributed by atoms with Gasteiger partial charge in [-0.3, -0.25) is 10.1 Å². The van der Waals surface area contributed by atoms with Crippen molar-refractivity contribution in [2.24, 2.45) is 0 Å². The number of methoxy groups -OCH3 is 1. The topological polar surface area (TPSA) is 118 Å². The minimum atomic E-state index is -0.844. The van der Waals surface area contributed by atoms with Crippen LogP contribution >= 0.6 is 0 Å². The summed E-state index contributed by atoms with van der Waals surface area (Å²) in [6, 6.07) is 11.1. The molecule has 2 aromatic carbocycles. The summed E-state index contributed by atoms with van der Waals surface area (Å²) in [6.45, 7) is 0. The van der Waals surface area contributed by atoms with Crippen LogP contribution < -0.4 is 4.74 Å². The summed E-state index contributed by atoms with van der Waals surface area (Å²) in [5, 5.41) is 11.9. The van der Waals surface area contributed by atoms with Crippen molar-refractivity contribution in [2.75, 3.05) is 7.11 Å². The van der Waals surface area contributed by atoms with Gasteiger partial charge in [0.2, 0.25) is 5.58 Å². The molecule has 0 N–H and O–H groups in total. The molecule has 27 heavy (non-hydrogen) atoms. The number of rotatable bonds is 4. The fraction of sp³-hybridized carbons (Fsp3) is 0.0556. The zero-order valence-electron chi connectivity index (χ0n) is 13.9. The number of para-hydroxylation sites is 1. The van der Waals surface area contributed by atoms with Gasteiger partial charge in [0.25, 0.3) is 11.6 Å². The van der Waals surface area contributed by atoms with E-state index in [-0.39, 0.29) is 22.9 Å². The molecular formula is C18H11N3O6. The molecule has 0 radical (unpaired) electrons. The minimum Gasteiger partial charge on any atom is -0.465 e. The molecule has 0 spiro atoms. The van der Waals surface area contributed by atoms with Crippen LogP contribution in [0.15, 0.2) is 53.2 Å². The van der Waals surface area contributed by atoms with E-state index in [2.05, 4.69) is 14.7 Å². The number of ether oxygens (including phenoxy) is 2. The second kappa shape index (κ2) is 6.37. The van der Waals surface area contributed by atoms with Gasteiger partial charge in [-0.2, -0.15) is 4.98 Å². The third-order valence-corrected chi connectivity index (χ3v) is 3.91. The Labute approximate surface area is 151 Å². The Balaban J connectivity index is 1.80. The summed E-state index contributed by atoms with van der Waals surface area (Å²) in [5.74, 6) is -0.550. The van der Waals surface area contributed by atoms with Crippen LogP contribution in [-0.2, 0) is 4.74 Å². The molecule has 4 rings (SSSR count). The number of esters is 1. The number of nitro groups is 1. The van der Waals surface area contributed by atoms with Crippen molar-refractivity contribution in [1.29, 1.82) is 0 Å². The summed E-state index contributed by atoms with van der Waals surface area (Å²) in [7, 11) is 1.14. The zero-order valence-corrected chi connectivity index (χ0v) is 13.9. The van der Waals surface area contributed by atoms with Crippen molar-refractivity contribution in [3.8, 4) is 11.6 Å². The average Bonchev–Trinajstić information content (AvgIpc) is 3.07. The Morgan fingerprint density at radius 2 is 2.00 bits per heavy atom. The lowest BCUT2D eigenvalue weighted by molar-refractivity contribution is -0.385. The highest BCUT2D eigenvalue weighted by atomic mass is 16.6. The summed E-state index contributed by atoms with van der Waals surface area (Å²) in [6.07, 6.45) is 1.33. The van der Waals surface area contributed by atoms with Crippen molar-refractivity contribution < 1.29 is 23.6 Å². The van der Waals surface area contributed by atoms with Gasteiger partial charge >= 0.3 is 5.97 Å². The van der Waals surface area contributed by atoms with Crippen LogP contribution in [0, 0.1) is 10.1 Å². The summed E-state index contributed by atoms with van der Waals surface area (Å²) < 4.78 is 16.1. The standard InChI is InChI=1S/C18H11N3O6/c1-25-18(22)12-8-10(6-7-13(12)21(23)24)26-17-16-15(19-9-20-17)11-4-2-3-5-14(11)27-16/h2-9H,1H3. The Morgan fingerprint density at radius 3 is 2.78 bits per heavy atom. The molecule has 9 heteroatoms. The molecule has 0 saturated carbocycles. The van der Waals surface area contributed by atoms with Crippen molar-refractivity contribution in [3.05, 3.63) is 64.5 Å². The third-order valence-electron chi connectivity index (χ3n) is 3.91. The highest BCUT2D eigenvalue weighted by Crippen LogP contribution is 2.34. The van der Waals surface area contributed by atoms with E-state index >= 15 is 0 Å². The fourth-order valence-electron chi connectivity index (χ4n) is 2.70. The van der Waals surface area contributed by atoms with Gasteiger partial charge < -0.3 is 13.9 Å². The van der Waals surface area contributed by atoms with E-state index in [0.717, 1.165) is 12.5 Å². The minimum absolute atomic E-state index is 0.126. The van der Waals surface area contributed by atoms with Gasteiger partial charge in [-0.1, -0.05) is 12.1 Å². The first-order valence-corrected chi connectivity index (χ1v) is 7.75. The predicted molar refractivity (Wildman–Crippen MR) is 93.8 cm³/mol. The number of hydrogen-bond acceptors (Lipinski definition) is 8. The van der Waals surface area contributed by atoms with Crippen molar-refractivity contribution >= 4 is 33.7 Å². The predicted octanol–water partition coefficient (Wildman–Crippen LogP) is 3.86. The molecule has 0 aliphatic rings. The van der Waals surface area contributed by atoms with E-state index in [1.807, 2.05) is 18.2 Å². The molecule has 9 nitrogen and oxygen atoms in total. The number of hydrogen-bond donors (Lipinski definition) is 0. The second-order valence-corrected chi connectivity index (χ2v) is 5.48. The first-order valence-electron chi connectivity index (χ1n) is 7.75. The number of fused-ring (bicyclic) bond motifs is 3. The molecule has 2 heterocycles. The summed E-state index contributed by atoms with van der Waals surface area (Å²) in [4.78, 5) is 30.6. The van der Waals surface area contributed by atoms with Crippen molar-refractivity contribution in [3.63, 3.8) is 0 Å². The molecular weight excluding hydrogens is 354 g/mol. The number of nitrogens with zero attached hydrogens (tertiary/aromatic N) is 3. The van der Waals surface area contributed by atoms with Gasteiger partial charge in [-0.15, -0.1) is 0 Å². The molecule has 134 valence electrons. The molecule has 0 aliphatic carbocycles. The van der Waals surface area contributed by atoms with E-state index in [4.69, 9.17) is 9.15 Å². The van der Waals surface area contributed by atoms with Crippen LogP contribution in [0.3, 0.4) is 0 Å². The maximum Gasteiger partial charge on any atom is 0.345 e. The number of carbonyl (C=O) groups is 1. The van der Waals surface area contributed by atoms with Crippen LogP contribution in [0.25, 0.3) is 22.1 Å². The van der Waals surface area contributed by atoms with E-state index < -0.39 is 10.9 Å². The van der Waals surface area contributed by atoms with Gasteiger partial charge in [0.15, 0.2) is 0 Å². The third kappa shape index (κ3) is 2.80.